The van der Waals surface area contributed by atoms with Gasteiger partial charge in [0.1, 0.15) is 0 Å². The topological polar surface area (TPSA) is 39.2 Å². The molecule has 74 valence electrons. The number of hydrogen-bond acceptors (Lipinski definition) is 2. The van der Waals surface area contributed by atoms with E-state index in [1.54, 1.807) is 6.07 Å². The molecule has 2 N–H and O–H groups in total. The summed E-state index contributed by atoms with van der Waals surface area (Å²) in [7, 11) is 0. The van der Waals surface area contributed by atoms with Gasteiger partial charge in [-0.15, -0.1) is 0 Å². The second kappa shape index (κ2) is 3.83. The van der Waals surface area contributed by atoms with Gasteiger partial charge in [0.2, 0.25) is 0 Å². The molecule has 0 radical (unpaired) electrons. The average Bonchev–Trinajstić information content (AvgIpc) is 2.50. The number of hydrogen-bond donors (Lipinski definition) is 1. The van der Waals surface area contributed by atoms with Gasteiger partial charge in [0, 0.05) is 18.0 Å². The maximum absolute atomic E-state index is 11.8. The van der Waals surface area contributed by atoms with E-state index in [9.17, 15) is 13.2 Å². The van der Waals surface area contributed by atoms with Crippen molar-refractivity contribution in [3.8, 4) is 0 Å². The Morgan fingerprint density at radius 1 is 1.46 bits per heavy atom. The molecule has 0 amide bonds. The maximum atomic E-state index is 11.8. The molecule has 0 saturated carbocycles. The number of furan rings is 1. The van der Waals surface area contributed by atoms with Gasteiger partial charge in [-0.2, -0.15) is 13.2 Å². The van der Waals surface area contributed by atoms with Crippen molar-refractivity contribution in [1.82, 2.24) is 0 Å². The Bertz CT molecular complexity index is 242. The minimum atomic E-state index is -4.14. The lowest BCUT2D eigenvalue weighted by Crippen LogP contribution is -2.15. The Hall–Kier alpha value is -0.970. The summed E-state index contributed by atoms with van der Waals surface area (Å²) < 4.78 is 40.0. The summed E-state index contributed by atoms with van der Waals surface area (Å²) in [6.45, 7) is 0. The monoisotopic (exact) mass is 193 g/mol. The molecule has 0 unspecified atom stereocenters. The van der Waals surface area contributed by atoms with Crippen LogP contribution >= 0.6 is 0 Å². The van der Waals surface area contributed by atoms with E-state index in [1.165, 1.54) is 12.5 Å². The Kier molecular flexibility index (Phi) is 2.98. The van der Waals surface area contributed by atoms with E-state index < -0.39 is 18.6 Å². The van der Waals surface area contributed by atoms with Gasteiger partial charge in [-0.25, -0.2) is 0 Å². The van der Waals surface area contributed by atoms with E-state index in [-0.39, 0.29) is 6.42 Å². The first kappa shape index (κ1) is 10.1. The summed E-state index contributed by atoms with van der Waals surface area (Å²) in [5.41, 5.74) is 6.09. The van der Waals surface area contributed by atoms with Crippen LogP contribution in [0.4, 0.5) is 13.2 Å². The van der Waals surface area contributed by atoms with Crippen LogP contribution in [0.1, 0.15) is 24.4 Å². The van der Waals surface area contributed by atoms with Crippen molar-refractivity contribution in [3.05, 3.63) is 24.2 Å². The van der Waals surface area contributed by atoms with Gasteiger partial charge in [0.05, 0.1) is 12.5 Å². The molecule has 1 rings (SSSR count). The standard InChI is InChI=1S/C8H10F3NO/c9-8(10,11)3-1-7(12)6-2-4-13-5-6/h2,4-5,7H,1,3,12H2/t7-/m1/s1. The zero-order valence-electron chi connectivity index (χ0n) is 6.84. The van der Waals surface area contributed by atoms with Crippen LogP contribution in [0, 0.1) is 0 Å². The average molecular weight is 193 g/mol. The van der Waals surface area contributed by atoms with Crippen molar-refractivity contribution in [1.29, 1.82) is 0 Å². The number of alkyl halides is 3. The van der Waals surface area contributed by atoms with Crippen LogP contribution in [0.25, 0.3) is 0 Å². The highest BCUT2D eigenvalue weighted by atomic mass is 19.4. The van der Waals surface area contributed by atoms with Crippen LogP contribution in [-0.4, -0.2) is 6.18 Å². The molecule has 1 heterocycles. The third-order valence-electron chi connectivity index (χ3n) is 1.71. The van der Waals surface area contributed by atoms with Crippen LogP contribution in [0.2, 0.25) is 0 Å². The Morgan fingerprint density at radius 3 is 2.62 bits per heavy atom. The molecular formula is C8H10F3NO. The van der Waals surface area contributed by atoms with Crippen molar-refractivity contribution >= 4 is 0 Å². The quantitative estimate of drug-likeness (QED) is 0.801. The van der Waals surface area contributed by atoms with Crippen LogP contribution in [-0.2, 0) is 0 Å². The molecule has 5 heteroatoms. The maximum Gasteiger partial charge on any atom is 0.389 e. The fourth-order valence-corrected chi connectivity index (χ4v) is 0.972. The molecule has 0 aliphatic rings. The molecule has 0 saturated heterocycles. The van der Waals surface area contributed by atoms with Gasteiger partial charge in [0.25, 0.3) is 0 Å². The normalized spacial score (nSPS) is 14.5. The van der Waals surface area contributed by atoms with E-state index in [1.807, 2.05) is 0 Å². The first-order chi connectivity index (χ1) is 5.99. The summed E-state index contributed by atoms with van der Waals surface area (Å²) in [4.78, 5) is 0. The Balaban J connectivity index is 2.39. The van der Waals surface area contributed by atoms with Crippen LogP contribution in [0.15, 0.2) is 23.0 Å². The van der Waals surface area contributed by atoms with Gasteiger partial charge >= 0.3 is 6.18 Å². The van der Waals surface area contributed by atoms with Gasteiger partial charge < -0.3 is 10.2 Å². The summed E-state index contributed by atoms with van der Waals surface area (Å²) in [5.74, 6) is 0. The minimum absolute atomic E-state index is 0.108. The number of nitrogens with two attached hydrogens (primary N) is 1. The van der Waals surface area contributed by atoms with Gasteiger partial charge in [-0.1, -0.05) is 0 Å². The summed E-state index contributed by atoms with van der Waals surface area (Å²) in [6, 6.07) is 0.974. The lowest BCUT2D eigenvalue weighted by molar-refractivity contribution is -0.136. The van der Waals surface area contributed by atoms with Crippen LogP contribution in [0.5, 0.6) is 0 Å². The highest BCUT2D eigenvalue weighted by Gasteiger charge is 2.27. The molecule has 13 heavy (non-hydrogen) atoms. The van der Waals surface area contributed by atoms with Gasteiger partial charge in [0.15, 0.2) is 0 Å². The Morgan fingerprint density at radius 2 is 2.15 bits per heavy atom. The zero-order valence-corrected chi connectivity index (χ0v) is 6.84. The first-order valence-electron chi connectivity index (χ1n) is 3.83. The molecule has 0 aromatic carbocycles. The largest absolute Gasteiger partial charge is 0.472 e. The molecule has 0 aliphatic heterocycles. The molecule has 0 aliphatic carbocycles. The van der Waals surface area contributed by atoms with E-state index in [4.69, 9.17) is 10.2 Å². The molecule has 0 bridgehead atoms. The number of halogens is 3. The molecule has 2 nitrogen and oxygen atoms in total. The van der Waals surface area contributed by atoms with Crippen molar-refractivity contribution in [2.45, 2.75) is 25.1 Å². The van der Waals surface area contributed by atoms with E-state index in [0.717, 1.165) is 0 Å². The summed E-state index contributed by atoms with van der Waals surface area (Å²) >= 11 is 0. The third kappa shape index (κ3) is 3.50. The van der Waals surface area contributed by atoms with Crippen molar-refractivity contribution in [3.63, 3.8) is 0 Å². The second-order valence-electron chi connectivity index (χ2n) is 2.82. The second-order valence-corrected chi connectivity index (χ2v) is 2.82. The first-order valence-corrected chi connectivity index (χ1v) is 3.83. The van der Waals surface area contributed by atoms with Gasteiger partial charge in [-0.3, -0.25) is 0 Å². The highest BCUT2D eigenvalue weighted by molar-refractivity contribution is 5.10. The van der Waals surface area contributed by atoms with Gasteiger partial charge in [-0.05, 0) is 12.5 Å². The lowest BCUT2D eigenvalue weighted by Gasteiger charge is -2.10. The predicted octanol–water partition coefficient (Wildman–Crippen LogP) is 2.62. The van der Waals surface area contributed by atoms with E-state index in [0.29, 0.717) is 5.56 Å². The summed E-state index contributed by atoms with van der Waals surface area (Å²) in [5, 5.41) is 0. The number of rotatable bonds is 3. The van der Waals surface area contributed by atoms with E-state index in [2.05, 4.69) is 0 Å². The highest BCUT2D eigenvalue weighted by Crippen LogP contribution is 2.26. The molecular weight excluding hydrogens is 183 g/mol. The molecule has 1 aromatic rings. The Labute approximate surface area is 73.5 Å². The van der Waals surface area contributed by atoms with Crippen molar-refractivity contribution in [2.24, 2.45) is 5.73 Å². The smallest absolute Gasteiger partial charge is 0.389 e. The zero-order chi connectivity index (χ0) is 9.90. The van der Waals surface area contributed by atoms with Crippen molar-refractivity contribution < 1.29 is 17.6 Å². The van der Waals surface area contributed by atoms with Crippen molar-refractivity contribution in [2.75, 3.05) is 0 Å². The molecule has 0 fully saturated rings. The fraction of sp³-hybridized carbons (Fsp3) is 0.500. The van der Waals surface area contributed by atoms with E-state index >= 15 is 0 Å². The lowest BCUT2D eigenvalue weighted by atomic mass is 10.1. The molecule has 1 aromatic heterocycles. The minimum Gasteiger partial charge on any atom is -0.472 e. The van der Waals surface area contributed by atoms with Crippen LogP contribution in [0.3, 0.4) is 0 Å². The molecule has 0 spiro atoms. The SMILES string of the molecule is N[C@H](CCC(F)(F)F)c1ccoc1. The van der Waals surface area contributed by atoms with Crippen LogP contribution < -0.4 is 5.73 Å². The predicted molar refractivity (Wildman–Crippen MR) is 40.9 cm³/mol. The summed E-state index contributed by atoms with van der Waals surface area (Å²) in [6.07, 6.45) is -2.35. The fourth-order valence-electron chi connectivity index (χ4n) is 0.972. The third-order valence-corrected chi connectivity index (χ3v) is 1.71. The molecule has 1 atom stereocenters.